The first kappa shape index (κ1) is 17.1. The second kappa shape index (κ2) is 6.79. The number of likely N-dealkylation sites (tertiary alicyclic amines) is 2. The minimum atomic E-state index is -0.0819. The molecule has 7 heteroatoms. The predicted molar refractivity (Wildman–Crippen MR) is 98.8 cm³/mol. The molecule has 2 atom stereocenters. The highest BCUT2D eigenvalue weighted by Gasteiger charge is 2.47. The summed E-state index contributed by atoms with van der Waals surface area (Å²) < 4.78 is 0. The SMILES string of the molecule is CCc1ccc(C(=O)N2C[C@H]3CN(Cc4csc(C)n4)C(=O)[C@H]3C2)cn1. The number of hydrogen-bond acceptors (Lipinski definition) is 5. The Bertz CT molecular complexity index is 832. The molecule has 4 rings (SSSR count). The summed E-state index contributed by atoms with van der Waals surface area (Å²) in [5.41, 5.74) is 2.53. The van der Waals surface area contributed by atoms with E-state index >= 15 is 0 Å². The summed E-state index contributed by atoms with van der Waals surface area (Å²) >= 11 is 1.61. The van der Waals surface area contributed by atoms with Crippen molar-refractivity contribution >= 4 is 23.2 Å². The van der Waals surface area contributed by atoms with Gasteiger partial charge in [0.25, 0.3) is 5.91 Å². The van der Waals surface area contributed by atoms with E-state index in [2.05, 4.69) is 9.97 Å². The fourth-order valence-corrected chi connectivity index (χ4v) is 4.47. The molecule has 2 saturated heterocycles. The molecule has 2 amide bonds. The van der Waals surface area contributed by atoms with Crippen LogP contribution >= 0.6 is 11.3 Å². The maximum absolute atomic E-state index is 12.7. The molecule has 0 radical (unpaired) electrons. The van der Waals surface area contributed by atoms with Gasteiger partial charge in [0.15, 0.2) is 0 Å². The molecule has 0 aromatic carbocycles. The minimum Gasteiger partial charge on any atom is -0.337 e. The Hall–Kier alpha value is -2.28. The summed E-state index contributed by atoms with van der Waals surface area (Å²) in [5.74, 6) is 0.259. The monoisotopic (exact) mass is 370 g/mol. The first-order valence-electron chi connectivity index (χ1n) is 8.99. The summed E-state index contributed by atoms with van der Waals surface area (Å²) in [6.45, 7) is 6.43. The van der Waals surface area contributed by atoms with Crippen molar-refractivity contribution in [2.45, 2.75) is 26.8 Å². The van der Waals surface area contributed by atoms with Gasteiger partial charge in [0.05, 0.1) is 28.7 Å². The van der Waals surface area contributed by atoms with Gasteiger partial charge in [-0.05, 0) is 25.5 Å². The number of pyridine rings is 1. The molecule has 0 spiro atoms. The van der Waals surface area contributed by atoms with Crippen molar-refractivity contribution in [3.8, 4) is 0 Å². The van der Waals surface area contributed by atoms with Gasteiger partial charge in [0.2, 0.25) is 5.91 Å². The van der Waals surface area contributed by atoms with Gasteiger partial charge in [-0.1, -0.05) is 6.92 Å². The smallest absolute Gasteiger partial charge is 0.255 e. The van der Waals surface area contributed by atoms with Crippen molar-refractivity contribution in [3.63, 3.8) is 0 Å². The van der Waals surface area contributed by atoms with Crippen LogP contribution in [0.2, 0.25) is 0 Å². The van der Waals surface area contributed by atoms with Gasteiger partial charge in [-0.2, -0.15) is 0 Å². The third kappa shape index (κ3) is 3.11. The Balaban J connectivity index is 1.40. The van der Waals surface area contributed by atoms with Crippen molar-refractivity contribution in [2.75, 3.05) is 19.6 Å². The molecule has 2 aromatic rings. The highest BCUT2D eigenvalue weighted by molar-refractivity contribution is 7.09. The molecule has 4 heterocycles. The Labute approximate surface area is 156 Å². The zero-order valence-corrected chi connectivity index (χ0v) is 15.8. The fourth-order valence-electron chi connectivity index (χ4n) is 3.87. The molecule has 0 unspecified atom stereocenters. The van der Waals surface area contributed by atoms with Crippen LogP contribution in [0.3, 0.4) is 0 Å². The van der Waals surface area contributed by atoms with Crippen LogP contribution in [-0.4, -0.2) is 51.2 Å². The van der Waals surface area contributed by atoms with Gasteiger partial charge in [-0.15, -0.1) is 11.3 Å². The number of rotatable bonds is 4. The summed E-state index contributed by atoms with van der Waals surface area (Å²) in [6, 6.07) is 3.73. The standard InChI is InChI=1S/C19H22N4O2S/c1-3-15-5-4-13(6-20-15)18(24)23-8-14-7-22(19(25)17(14)10-23)9-16-11-26-12(2)21-16/h4-6,11,14,17H,3,7-10H2,1-2H3/t14-,17+/m1/s1. The van der Waals surface area contributed by atoms with Crippen molar-refractivity contribution in [3.05, 3.63) is 45.7 Å². The van der Waals surface area contributed by atoms with Crippen molar-refractivity contribution < 1.29 is 9.59 Å². The summed E-state index contributed by atoms with van der Waals surface area (Å²) in [5, 5.41) is 3.03. The number of carbonyl (C=O) groups is 2. The highest BCUT2D eigenvalue weighted by Crippen LogP contribution is 2.33. The predicted octanol–water partition coefficient (Wildman–Crippen LogP) is 2.14. The van der Waals surface area contributed by atoms with Crippen LogP contribution in [0.1, 0.15) is 33.7 Å². The van der Waals surface area contributed by atoms with Crippen molar-refractivity contribution in [1.29, 1.82) is 0 Å². The highest BCUT2D eigenvalue weighted by atomic mass is 32.1. The van der Waals surface area contributed by atoms with Crippen LogP contribution in [0.5, 0.6) is 0 Å². The largest absolute Gasteiger partial charge is 0.337 e. The molecule has 2 aliphatic rings. The lowest BCUT2D eigenvalue weighted by molar-refractivity contribution is -0.131. The molecule has 6 nitrogen and oxygen atoms in total. The first-order valence-corrected chi connectivity index (χ1v) is 9.87. The Morgan fingerprint density at radius 2 is 2.12 bits per heavy atom. The number of aryl methyl sites for hydroxylation is 2. The molecule has 136 valence electrons. The lowest BCUT2D eigenvalue weighted by Crippen LogP contribution is -2.35. The average molecular weight is 370 g/mol. The number of fused-ring (bicyclic) bond motifs is 1. The molecular weight excluding hydrogens is 348 g/mol. The average Bonchev–Trinajstić information content (AvgIpc) is 3.32. The zero-order chi connectivity index (χ0) is 18.3. The van der Waals surface area contributed by atoms with E-state index in [-0.39, 0.29) is 23.7 Å². The number of nitrogens with zero attached hydrogens (tertiary/aromatic N) is 4. The van der Waals surface area contributed by atoms with Crippen LogP contribution in [0.25, 0.3) is 0 Å². The van der Waals surface area contributed by atoms with E-state index in [1.807, 2.05) is 36.3 Å². The molecule has 26 heavy (non-hydrogen) atoms. The van der Waals surface area contributed by atoms with E-state index in [9.17, 15) is 9.59 Å². The summed E-state index contributed by atoms with van der Waals surface area (Å²) in [6.07, 6.45) is 2.50. The second-order valence-electron chi connectivity index (χ2n) is 7.05. The van der Waals surface area contributed by atoms with Crippen LogP contribution < -0.4 is 0 Å². The first-order chi connectivity index (χ1) is 12.5. The van der Waals surface area contributed by atoms with Gasteiger partial charge >= 0.3 is 0 Å². The third-order valence-electron chi connectivity index (χ3n) is 5.27. The number of carbonyl (C=O) groups excluding carboxylic acids is 2. The topological polar surface area (TPSA) is 66.4 Å². The number of thiazole rings is 1. The Morgan fingerprint density at radius 3 is 2.73 bits per heavy atom. The quantitative estimate of drug-likeness (QED) is 0.827. The van der Waals surface area contributed by atoms with Crippen LogP contribution in [0.4, 0.5) is 0 Å². The van der Waals surface area contributed by atoms with E-state index < -0.39 is 0 Å². The minimum absolute atomic E-state index is 0.0240. The van der Waals surface area contributed by atoms with Gasteiger partial charge in [0.1, 0.15) is 0 Å². The maximum atomic E-state index is 12.7. The van der Waals surface area contributed by atoms with E-state index in [1.165, 1.54) is 0 Å². The molecule has 0 bridgehead atoms. The lowest BCUT2D eigenvalue weighted by atomic mass is 10.0. The number of aromatic nitrogens is 2. The van der Waals surface area contributed by atoms with E-state index in [4.69, 9.17) is 0 Å². The number of hydrogen-bond donors (Lipinski definition) is 0. The second-order valence-corrected chi connectivity index (χ2v) is 8.11. The van der Waals surface area contributed by atoms with Crippen LogP contribution in [-0.2, 0) is 17.8 Å². The zero-order valence-electron chi connectivity index (χ0n) is 15.0. The van der Waals surface area contributed by atoms with Gasteiger partial charge < -0.3 is 9.80 Å². The van der Waals surface area contributed by atoms with Gasteiger partial charge in [-0.3, -0.25) is 14.6 Å². The number of amides is 2. The molecule has 2 aliphatic heterocycles. The van der Waals surface area contributed by atoms with Gasteiger partial charge in [-0.25, -0.2) is 4.98 Å². The van der Waals surface area contributed by atoms with E-state index in [1.54, 1.807) is 22.4 Å². The Morgan fingerprint density at radius 1 is 1.27 bits per heavy atom. The molecular formula is C19H22N4O2S. The maximum Gasteiger partial charge on any atom is 0.255 e. The van der Waals surface area contributed by atoms with Crippen molar-refractivity contribution in [2.24, 2.45) is 11.8 Å². The molecule has 2 fully saturated rings. The Kier molecular flexibility index (Phi) is 4.48. The lowest BCUT2D eigenvalue weighted by Gasteiger charge is -2.21. The van der Waals surface area contributed by atoms with Gasteiger partial charge in [0, 0.05) is 42.8 Å². The molecule has 0 aliphatic carbocycles. The summed E-state index contributed by atoms with van der Waals surface area (Å²) in [4.78, 5) is 37.9. The molecule has 2 aromatic heterocycles. The van der Waals surface area contributed by atoms with Crippen molar-refractivity contribution in [1.82, 2.24) is 19.8 Å². The normalized spacial score (nSPS) is 22.2. The third-order valence-corrected chi connectivity index (χ3v) is 6.09. The summed E-state index contributed by atoms with van der Waals surface area (Å²) in [7, 11) is 0. The fraction of sp³-hybridized carbons (Fsp3) is 0.474. The van der Waals surface area contributed by atoms with E-state index in [0.29, 0.717) is 31.7 Å². The molecule has 0 N–H and O–H groups in total. The van der Waals surface area contributed by atoms with E-state index in [0.717, 1.165) is 22.8 Å². The molecule has 0 saturated carbocycles. The van der Waals surface area contributed by atoms with Crippen LogP contribution in [0, 0.1) is 18.8 Å². The van der Waals surface area contributed by atoms with Crippen LogP contribution in [0.15, 0.2) is 23.7 Å².